The topological polar surface area (TPSA) is 80.5 Å². The normalized spacial score (nSPS) is 19.1. The number of nitrogens with zero attached hydrogens (tertiary/aromatic N) is 2. The third-order valence-electron chi connectivity index (χ3n) is 4.35. The van der Waals surface area contributed by atoms with E-state index in [-0.39, 0.29) is 39.1 Å². The summed E-state index contributed by atoms with van der Waals surface area (Å²) in [6, 6.07) is 3.72. The van der Waals surface area contributed by atoms with Gasteiger partial charge >= 0.3 is 0 Å². The molecule has 0 radical (unpaired) electrons. The van der Waals surface area contributed by atoms with Crippen LogP contribution in [0.4, 0.5) is 4.39 Å². The fourth-order valence-corrected chi connectivity index (χ4v) is 4.97. The highest BCUT2D eigenvalue weighted by Gasteiger charge is 2.35. The Balaban J connectivity index is 2.01. The molecule has 1 aliphatic heterocycles. The van der Waals surface area contributed by atoms with E-state index in [9.17, 15) is 17.6 Å². The Hall–Kier alpha value is -1.93. The highest BCUT2D eigenvalue weighted by molar-refractivity contribution is 7.91. The first kappa shape index (κ1) is 17.9. The predicted octanol–water partition coefficient (Wildman–Crippen LogP) is 2.70. The van der Waals surface area contributed by atoms with Crippen molar-refractivity contribution >= 4 is 27.3 Å². The van der Waals surface area contributed by atoms with Gasteiger partial charge in [0.25, 0.3) is 5.91 Å². The smallest absolute Gasteiger partial charge is 0.259 e. The number of aryl methyl sites for hydroxylation is 1. The van der Waals surface area contributed by atoms with Crippen LogP contribution >= 0.6 is 11.6 Å². The lowest BCUT2D eigenvalue weighted by molar-refractivity contribution is 0.0746. The molecule has 9 heteroatoms. The van der Waals surface area contributed by atoms with Gasteiger partial charge in [-0.2, -0.15) is 0 Å². The third kappa shape index (κ3) is 3.28. The summed E-state index contributed by atoms with van der Waals surface area (Å²) in [6.07, 6.45) is 0.366. The number of rotatable bonds is 3. The number of aromatic nitrogens is 1. The van der Waals surface area contributed by atoms with E-state index in [0.717, 1.165) is 0 Å². The summed E-state index contributed by atoms with van der Waals surface area (Å²) in [4.78, 5) is 14.3. The molecule has 1 aromatic heterocycles. The van der Waals surface area contributed by atoms with Crippen molar-refractivity contribution in [1.29, 1.82) is 0 Å². The lowest BCUT2D eigenvalue weighted by atomic mass is 10.0. The predicted molar refractivity (Wildman–Crippen MR) is 90.8 cm³/mol. The molecule has 1 atom stereocenters. The number of carbonyl (C=O) groups excluding carboxylic acids is 1. The number of halogens is 2. The van der Waals surface area contributed by atoms with Crippen molar-refractivity contribution in [1.82, 2.24) is 10.1 Å². The zero-order valence-corrected chi connectivity index (χ0v) is 15.2. The van der Waals surface area contributed by atoms with Crippen molar-refractivity contribution in [2.45, 2.75) is 19.4 Å². The summed E-state index contributed by atoms with van der Waals surface area (Å²) < 4.78 is 42.6. The summed E-state index contributed by atoms with van der Waals surface area (Å²) in [6.45, 7) is 1.54. The van der Waals surface area contributed by atoms with Crippen molar-refractivity contribution in [3.63, 3.8) is 0 Å². The summed E-state index contributed by atoms with van der Waals surface area (Å²) in [5, 5.41) is 3.91. The maximum Gasteiger partial charge on any atom is 0.259 e. The van der Waals surface area contributed by atoms with E-state index in [0.29, 0.717) is 6.42 Å². The molecule has 1 aliphatic rings. The molecular weight excluding hydrogens is 371 g/mol. The molecule has 134 valence electrons. The monoisotopic (exact) mass is 386 g/mol. The average molecular weight is 387 g/mol. The molecule has 0 spiro atoms. The van der Waals surface area contributed by atoms with Crippen molar-refractivity contribution in [2.75, 3.05) is 18.6 Å². The van der Waals surface area contributed by atoms with Crippen LogP contribution in [0.15, 0.2) is 22.7 Å². The number of benzene rings is 1. The largest absolute Gasteiger partial charge is 0.360 e. The molecule has 0 N–H and O–H groups in total. The molecule has 0 saturated carbocycles. The quantitative estimate of drug-likeness (QED) is 0.810. The van der Waals surface area contributed by atoms with Crippen LogP contribution in [0.25, 0.3) is 11.3 Å². The van der Waals surface area contributed by atoms with Gasteiger partial charge in [0.1, 0.15) is 22.8 Å². The zero-order chi connectivity index (χ0) is 18.4. The van der Waals surface area contributed by atoms with Gasteiger partial charge in [0.2, 0.25) is 0 Å². The SMILES string of the molecule is Cc1onc(-c2c(F)cccc2Cl)c1C(=O)N(C)C1CCS(=O)(=O)C1. The Bertz CT molecular complexity index is 921. The van der Waals surface area contributed by atoms with E-state index < -0.39 is 27.6 Å². The second kappa shape index (κ2) is 6.42. The van der Waals surface area contributed by atoms with Gasteiger partial charge in [-0.1, -0.05) is 22.8 Å². The minimum Gasteiger partial charge on any atom is -0.360 e. The zero-order valence-electron chi connectivity index (χ0n) is 13.6. The highest BCUT2D eigenvalue weighted by atomic mass is 35.5. The van der Waals surface area contributed by atoms with Crippen LogP contribution in [0.5, 0.6) is 0 Å². The molecule has 1 amide bonds. The van der Waals surface area contributed by atoms with Gasteiger partial charge in [-0.05, 0) is 25.5 Å². The van der Waals surface area contributed by atoms with Gasteiger partial charge < -0.3 is 9.42 Å². The molecular formula is C16H16ClFN2O4S. The van der Waals surface area contributed by atoms with E-state index in [2.05, 4.69) is 5.16 Å². The van der Waals surface area contributed by atoms with Gasteiger partial charge in [0.05, 0.1) is 22.1 Å². The van der Waals surface area contributed by atoms with Gasteiger partial charge in [0.15, 0.2) is 9.84 Å². The van der Waals surface area contributed by atoms with Gasteiger partial charge in [-0.15, -0.1) is 0 Å². The van der Waals surface area contributed by atoms with Gasteiger partial charge in [-0.3, -0.25) is 4.79 Å². The Morgan fingerprint density at radius 1 is 1.44 bits per heavy atom. The molecule has 1 saturated heterocycles. The molecule has 6 nitrogen and oxygen atoms in total. The van der Waals surface area contributed by atoms with E-state index in [1.165, 1.54) is 37.1 Å². The second-order valence-corrected chi connectivity index (χ2v) is 8.67. The fourth-order valence-electron chi connectivity index (χ4n) is 2.94. The van der Waals surface area contributed by atoms with Crippen LogP contribution in [0.3, 0.4) is 0 Å². The maximum absolute atomic E-state index is 14.2. The number of hydrogen-bond acceptors (Lipinski definition) is 5. The fraction of sp³-hybridized carbons (Fsp3) is 0.375. The molecule has 1 fully saturated rings. The first-order valence-corrected chi connectivity index (χ1v) is 9.79. The van der Waals surface area contributed by atoms with E-state index >= 15 is 0 Å². The summed E-state index contributed by atoms with van der Waals surface area (Å²) in [5.41, 5.74) is 0.0777. The van der Waals surface area contributed by atoms with Crippen LogP contribution in [0.2, 0.25) is 5.02 Å². The molecule has 0 bridgehead atoms. The van der Waals surface area contributed by atoms with Gasteiger partial charge in [0, 0.05) is 13.1 Å². The Morgan fingerprint density at radius 3 is 2.76 bits per heavy atom. The Kier molecular flexibility index (Phi) is 4.59. The first-order valence-electron chi connectivity index (χ1n) is 7.59. The Labute approximate surface area is 149 Å². The minimum absolute atomic E-state index is 0.0123. The third-order valence-corrected chi connectivity index (χ3v) is 6.42. The van der Waals surface area contributed by atoms with E-state index in [1.807, 2.05) is 0 Å². The highest BCUT2D eigenvalue weighted by Crippen LogP contribution is 2.34. The van der Waals surface area contributed by atoms with Crippen LogP contribution in [-0.4, -0.2) is 49.0 Å². The summed E-state index contributed by atoms with van der Waals surface area (Å²) >= 11 is 6.07. The summed E-state index contributed by atoms with van der Waals surface area (Å²) in [5.74, 6) is -0.928. The molecule has 25 heavy (non-hydrogen) atoms. The van der Waals surface area contributed by atoms with Crippen molar-refractivity contribution in [2.24, 2.45) is 0 Å². The lowest BCUT2D eigenvalue weighted by Gasteiger charge is -2.23. The van der Waals surface area contributed by atoms with Crippen LogP contribution in [0.1, 0.15) is 22.5 Å². The Morgan fingerprint density at radius 2 is 2.16 bits per heavy atom. The standard InChI is InChI=1S/C16H16ClFN2O4S/c1-9-13(16(21)20(2)10-6-7-25(22,23)8-10)15(19-24-9)14-11(17)4-3-5-12(14)18/h3-5,10H,6-8H2,1-2H3. The number of amides is 1. The molecule has 2 heterocycles. The lowest BCUT2D eigenvalue weighted by Crippen LogP contribution is -2.38. The van der Waals surface area contributed by atoms with Gasteiger partial charge in [-0.25, -0.2) is 12.8 Å². The van der Waals surface area contributed by atoms with Crippen molar-refractivity contribution in [3.8, 4) is 11.3 Å². The molecule has 2 aromatic rings. The molecule has 3 rings (SSSR count). The number of carbonyl (C=O) groups is 1. The molecule has 1 aromatic carbocycles. The molecule has 1 unspecified atom stereocenters. The second-order valence-electron chi connectivity index (χ2n) is 6.03. The average Bonchev–Trinajstić information content (AvgIpc) is 3.08. The summed E-state index contributed by atoms with van der Waals surface area (Å²) in [7, 11) is -1.62. The van der Waals surface area contributed by atoms with Crippen LogP contribution < -0.4 is 0 Å². The van der Waals surface area contributed by atoms with Crippen molar-refractivity contribution < 1.29 is 22.1 Å². The minimum atomic E-state index is -3.14. The van der Waals surface area contributed by atoms with E-state index in [4.69, 9.17) is 16.1 Å². The van der Waals surface area contributed by atoms with Crippen LogP contribution in [0, 0.1) is 12.7 Å². The van der Waals surface area contributed by atoms with Crippen LogP contribution in [-0.2, 0) is 9.84 Å². The maximum atomic E-state index is 14.2. The van der Waals surface area contributed by atoms with E-state index in [1.54, 1.807) is 0 Å². The molecule has 0 aliphatic carbocycles. The van der Waals surface area contributed by atoms with Crippen molar-refractivity contribution in [3.05, 3.63) is 40.4 Å². The first-order chi connectivity index (χ1) is 11.7. The number of sulfone groups is 1. The number of hydrogen-bond donors (Lipinski definition) is 0.